The molecule has 1 aliphatic carbocycles. The van der Waals surface area contributed by atoms with Crippen LogP contribution >= 0.6 is 23.1 Å². The van der Waals surface area contributed by atoms with E-state index in [2.05, 4.69) is 41.0 Å². The minimum atomic E-state index is -0.585. The van der Waals surface area contributed by atoms with Crippen LogP contribution in [0.25, 0.3) is 0 Å². The summed E-state index contributed by atoms with van der Waals surface area (Å²) < 4.78 is 5.25. The van der Waals surface area contributed by atoms with Crippen LogP contribution in [0.5, 0.6) is 5.75 Å². The molecule has 2 amide bonds. The van der Waals surface area contributed by atoms with Gasteiger partial charge >= 0.3 is 0 Å². The van der Waals surface area contributed by atoms with Crippen LogP contribution in [0.1, 0.15) is 55.1 Å². The minimum Gasteiger partial charge on any atom is -0.497 e. The Kier molecular flexibility index (Phi) is 9.30. The first-order valence-corrected chi connectivity index (χ1v) is 16.4. The van der Waals surface area contributed by atoms with Crippen molar-refractivity contribution in [1.82, 2.24) is 0 Å². The average Bonchev–Trinajstić information content (AvgIpc) is 3.44. The number of nitriles is 1. The number of carbonyl (C=O) groups excluding carboxylic acids is 2. The maximum absolute atomic E-state index is 14.0. The number of fused-ring (bicyclic) bond motifs is 1. The highest BCUT2D eigenvalue weighted by atomic mass is 32.2. The van der Waals surface area contributed by atoms with Gasteiger partial charge in [-0.1, -0.05) is 72.8 Å². The monoisotopic (exact) mass is 629 g/mol. The molecule has 1 aromatic heterocycles. The molecule has 2 N–H and O–H groups in total. The molecular formula is C37H31N3O3S2. The fraction of sp³-hybridized carbons (Fsp3) is 0.162. The number of hydrogen-bond donors (Lipinski definition) is 2. The molecular weight excluding hydrogens is 599 g/mol. The number of thioether (sulfide) groups is 1. The van der Waals surface area contributed by atoms with E-state index in [1.807, 2.05) is 60.7 Å². The van der Waals surface area contributed by atoms with Crippen LogP contribution in [0.2, 0.25) is 0 Å². The van der Waals surface area contributed by atoms with Crippen molar-refractivity contribution in [2.24, 2.45) is 0 Å². The molecule has 0 spiro atoms. The first-order valence-electron chi connectivity index (χ1n) is 14.7. The maximum Gasteiger partial charge on any atom is 0.255 e. The lowest BCUT2D eigenvalue weighted by atomic mass is 9.83. The second kappa shape index (κ2) is 13.9. The Bertz CT molecular complexity index is 1870. The second-order valence-corrected chi connectivity index (χ2v) is 13.1. The molecule has 0 bridgehead atoms. The number of ether oxygens (including phenoxy) is 1. The predicted molar refractivity (Wildman–Crippen MR) is 181 cm³/mol. The van der Waals surface area contributed by atoms with E-state index < -0.39 is 5.25 Å². The Balaban J connectivity index is 1.22. The zero-order chi connectivity index (χ0) is 31.2. The molecule has 5 aromatic rings. The normalized spacial score (nSPS) is 14.4. The van der Waals surface area contributed by atoms with Gasteiger partial charge in [-0.25, -0.2) is 0 Å². The number of thiophene rings is 1. The summed E-state index contributed by atoms with van der Waals surface area (Å²) in [7, 11) is 1.56. The Morgan fingerprint density at radius 2 is 1.69 bits per heavy atom. The van der Waals surface area contributed by atoms with Crippen molar-refractivity contribution < 1.29 is 14.3 Å². The molecule has 0 saturated carbocycles. The summed E-state index contributed by atoms with van der Waals surface area (Å²) in [5, 5.41) is 16.2. The van der Waals surface area contributed by atoms with E-state index in [1.54, 1.807) is 31.4 Å². The van der Waals surface area contributed by atoms with Crippen LogP contribution in [-0.2, 0) is 17.6 Å². The summed E-state index contributed by atoms with van der Waals surface area (Å²) in [5.41, 5.74) is 4.89. The molecule has 4 aromatic carbocycles. The molecule has 0 fully saturated rings. The van der Waals surface area contributed by atoms with Crippen molar-refractivity contribution in [1.29, 1.82) is 5.26 Å². The van der Waals surface area contributed by atoms with Crippen molar-refractivity contribution >= 4 is 45.6 Å². The number of methoxy groups -OCH3 is 1. The zero-order valence-electron chi connectivity index (χ0n) is 24.7. The molecule has 45 heavy (non-hydrogen) atoms. The topological polar surface area (TPSA) is 91.2 Å². The smallest absolute Gasteiger partial charge is 0.255 e. The number of benzene rings is 4. The zero-order valence-corrected chi connectivity index (χ0v) is 26.3. The largest absolute Gasteiger partial charge is 0.497 e. The first kappa shape index (κ1) is 30.2. The summed E-state index contributed by atoms with van der Waals surface area (Å²) in [5.74, 6) is 0.544. The maximum atomic E-state index is 14.0. The number of nitrogens with zero attached hydrogens (tertiary/aromatic N) is 1. The second-order valence-electron chi connectivity index (χ2n) is 10.8. The molecule has 0 aliphatic heterocycles. The van der Waals surface area contributed by atoms with E-state index in [1.165, 1.54) is 33.5 Å². The van der Waals surface area contributed by atoms with Crippen molar-refractivity contribution in [2.45, 2.75) is 35.3 Å². The van der Waals surface area contributed by atoms with Gasteiger partial charge in [0.15, 0.2) is 0 Å². The van der Waals surface area contributed by atoms with Crippen molar-refractivity contribution in [3.05, 3.63) is 142 Å². The number of nitrogens with one attached hydrogen (secondary N) is 2. The Hall–Kier alpha value is -4.84. The third kappa shape index (κ3) is 6.96. The van der Waals surface area contributed by atoms with Gasteiger partial charge in [0.2, 0.25) is 5.91 Å². The van der Waals surface area contributed by atoms with E-state index in [0.29, 0.717) is 33.5 Å². The fourth-order valence-electron chi connectivity index (χ4n) is 5.63. The summed E-state index contributed by atoms with van der Waals surface area (Å²) in [6.45, 7) is 0. The summed E-state index contributed by atoms with van der Waals surface area (Å²) in [4.78, 5) is 28.9. The van der Waals surface area contributed by atoms with E-state index >= 15 is 0 Å². The summed E-state index contributed by atoms with van der Waals surface area (Å²) in [6, 6.07) is 36.9. The highest BCUT2D eigenvalue weighted by Gasteiger charge is 2.29. The fourth-order valence-corrected chi connectivity index (χ4v) is 8.00. The minimum absolute atomic E-state index is 0.202. The van der Waals surface area contributed by atoms with Gasteiger partial charge < -0.3 is 15.4 Å². The van der Waals surface area contributed by atoms with Gasteiger partial charge in [-0.05, 0) is 78.3 Å². The number of rotatable bonds is 9. The number of carbonyl (C=O) groups is 2. The number of anilines is 2. The molecule has 0 radical (unpaired) electrons. The Labute approximate surface area is 271 Å². The lowest BCUT2D eigenvalue weighted by molar-refractivity contribution is -0.115. The molecule has 6 nitrogen and oxygen atoms in total. The average molecular weight is 630 g/mol. The van der Waals surface area contributed by atoms with Gasteiger partial charge in [0.05, 0.1) is 12.7 Å². The molecule has 6 rings (SSSR count). The van der Waals surface area contributed by atoms with Crippen LogP contribution in [0.4, 0.5) is 10.7 Å². The van der Waals surface area contributed by atoms with Gasteiger partial charge in [-0.2, -0.15) is 5.26 Å². The van der Waals surface area contributed by atoms with E-state index in [-0.39, 0.29) is 11.8 Å². The van der Waals surface area contributed by atoms with Crippen LogP contribution in [-0.4, -0.2) is 18.9 Å². The number of hydrogen-bond acceptors (Lipinski definition) is 6. The lowest BCUT2D eigenvalue weighted by Gasteiger charge is -2.22. The van der Waals surface area contributed by atoms with Crippen molar-refractivity contribution in [3.63, 3.8) is 0 Å². The van der Waals surface area contributed by atoms with Gasteiger partial charge in [0.25, 0.3) is 5.91 Å². The molecule has 2 unspecified atom stereocenters. The highest BCUT2D eigenvalue weighted by Crippen LogP contribution is 2.43. The number of amides is 2. The molecule has 1 heterocycles. The molecule has 0 saturated heterocycles. The third-order valence-corrected chi connectivity index (χ3v) is 10.3. The van der Waals surface area contributed by atoms with E-state index in [4.69, 9.17) is 4.74 Å². The van der Waals surface area contributed by atoms with Crippen LogP contribution < -0.4 is 15.4 Å². The summed E-state index contributed by atoms with van der Waals surface area (Å²) in [6.07, 6.45) is 2.65. The Morgan fingerprint density at radius 1 is 0.933 bits per heavy atom. The van der Waals surface area contributed by atoms with Gasteiger partial charge in [0.1, 0.15) is 22.1 Å². The Morgan fingerprint density at radius 3 is 2.44 bits per heavy atom. The lowest BCUT2D eigenvalue weighted by Crippen LogP contribution is -2.19. The SMILES string of the molecule is COc1cccc(C(=O)Nc2cccc(SC(C(=O)Nc3sc4c(c3C#N)CCC(c3ccccc3)C4)c3ccccc3)c2)c1. The third-order valence-electron chi connectivity index (χ3n) is 7.90. The van der Waals surface area contributed by atoms with Crippen LogP contribution in [0.3, 0.4) is 0 Å². The highest BCUT2D eigenvalue weighted by molar-refractivity contribution is 8.00. The standard InChI is InChI=1S/C37H31N3O3S2/c1-43-29-16-8-14-27(20-29)35(41)39-28-15-9-17-30(22-28)44-34(25-12-6-3-7-13-25)36(42)40-37-32(23-38)31-19-18-26(21-33(31)45-37)24-10-4-2-5-11-24/h2-17,20,22,26,34H,18-19,21H2,1H3,(H,39,41)(H,40,42). The van der Waals surface area contributed by atoms with Crippen LogP contribution in [0.15, 0.2) is 114 Å². The van der Waals surface area contributed by atoms with E-state index in [9.17, 15) is 14.9 Å². The van der Waals surface area contributed by atoms with E-state index in [0.717, 1.165) is 35.3 Å². The van der Waals surface area contributed by atoms with Crippen molar-refractivity contribution in [2.75, 3.05) is 17.7 Å². The first-order chi connectivity index (χ1) is 22.0. The predicted octanol–water partition coefficient (Wildman–Crippen LogP) is 8.63. The molecule has 1 aliphatic rings. The van der Waals surface area contributed by atoms with Crippen molar-refractivity contribution in [3.8, 4) is 11.8 Å². The quantitative estimate of drug-likeness (QED) is 0.159. The van der Waals surface area contributed by atoms with Gasteiger partial charge in [-0.15, -0.1) is 23.1 Å². The molecule has 224 valence electrons. The molecule has 2 atom stereocenters. The van der Waals surface area contributed by atoms with Gasteiger partial charge in [-0.3, -0.25) is 9.59 Å². The van der Waals surface area contributed by atoms with Crippen LogP contribution in [0, 0.1) is 11.3 Å². The molecule has 8 heteroatoms. The summed E-state index contributed by atoms with van der Waals surface area (Å²) >= 11 is 2.92. The van der Waals surface area contributed by atoms with Gasteiger partial charge in [0, 0.05) is 21.0 Å².